The number of likely N-dealkylation sites (tertiary alicyclic amines) is 1. The van der Waals surface area contributed by atoms with Gasteiger partial charge in [-0.2, -0.15) is 0 Å². The molecular weight excluding hydrogens is 260 g/mol. The van der Waals surface area contributed by atoms with E-state index in [4.69, 9.17) is 4.74 Å². The molecule has 3 nitrogen and oxygen atoms in total. The van der Waals surface area contributed by atoms with Gasteiger partial charge in [0.15, 0.2) is 0 Å². The van der Waals surface area contributed by atoms with Gasteiger partial charge in [0.25, 0.3) is 0 Å². The van der Waals surface area contributed by atoms with Gasteiger partial charge in [-0.15, -0.1) is 0 Å². The van der Waals surface area contributed by atoms with Crippen LogP contribution in [0.3, 0.4) is 0 Å². The number of fused-ring (bicyclic) bond motifs is 1. The number of rotatable bonds is 5. The van der Waals surface area contributed by atoms with E-state index in [0.717, 1.165) is 18.8 Å². The minimum absolute atomic E-state index is 0.226. The number of hydrogen-bond acceptors (Lipinski definition) is 2. The Kier molecular flexibility index (Phi) is 4.49. The summed E-state index contributed by atoms with van der Waals surface area (Å²) in [6.45, 7) is 8.90. The van der Waals surface area contributed by atoms with Gasteiger partial charge < -0.3 is 14.2 Å². The average molecular weight is 286 g/mol. The molecule has 1 saturated heterocycles. The van der Waals surface area contributed by atoms with Crippen molar-refractivity contribution in [3.05, 3.63) is 30.5 Å². The number of benzene rings is 1. The number of aromatic nitrogens is 1. The summed E-state index contributed by atoms with van der Waals surface area (Å²) in [6.07, 6.45) is 6.56. The molecule has 1 aliphatic heterocycles. The summed E-state index contributed by atoms with van der Waals surface area (Å²) < 4.78 is 8.13. The Morgan fingerprint density at radius 3 is 2.62 bits per heavy atom. The summed E-state index contributed by atoms with van der Waals surface area (Å²) in [5.74, 6) is 0.964. The third-order valence-corrected chi connectivity index (χ3v) is 4.22. The lowest BCUT2D eigenvalue weighted by atomic mass is 10.1. The molecule has 2 heterocycles. The van der Waals surface area contributed by atoms with Crippen LogP contribution in [0.5, 0.6) is 5.75 Å². The molecule has 0 radical (unpaired) electrons. The van der Waals surface area contributed by atoms with Crippen molar-refractivity contribution < 1.29 is 4.74 Å². The van der Waals surface area contributed by atoms with Crippen LogP contribution in [-0.2, 0) is 6.54 Å². The van der Waals surface area contributed by atoms with Crippen LogP contribution in [-0.4, -0.2) is 35.2 Å². The van der Waals surface area contributed by atoms with E-state index in [1.165, 1.54) is 43.3 Å². The first-order chi connectivity index (χ1) is 10.2. The Labute approximate surface area is 127 Å². The van der Waals surface area contributed by atoms with Gasteiger partial charge in [0.2, 0.25) is 0 Å². The van der Waals surface area contributed by atoms with Crippen molar-refractivity contribution in [2.45, 2.75) is 45.8 Å². The molecule has 0 N–H and O–H groups in total. The zero-order valence-corrected chi connectivity index (χ0v) is 13.2. The van der Waals surface area contributed by atoms with Crippen LogP contribution in [0.1, 0.15) is 33.1 Å². The highest BCUT2D eigenvalue weighted by molar-refractivity contribution is 5.81. The van der Waals surface area contributed by atoms with E-state index in [9.17, 15) is 0 Å². The Hall–Kier alpha value is -1.48. The summed E-state index contributed by atoms with van der Waals surface area (Å²) in [5, 5.41) is 1.27. The fraction of sp³-hybridized carbons (Fsp3) is 0.556. The van der Waals surface area contributed by atoms with Gasteiger partial charge in [-0.1, -0.05) is 6.42 Å². The predicted octanol–water partition coefficient (Wildman–Crippen LogP) is 3.91. The van der Waals surface area contributed by atoms with Gasteiger partial charge in [-0.3, -0.25) is 0 Å². The molecule has 0 unspecified atom stereocenters. The summed E-state index contributed by atoms with van der Waals surface area (Å²) in [7, 11) is 0. The summed E-state index contributed by atoms with van der Waals surface area (Å²) in [6, 6.07) is 8.61. The minimum atomic E-state index is 0.226. The largest absolute Gasteiger partial charge is 0.491 e. The Morgan fingerprint density at radius 2 is 1.86 bits per heavy atom. The SMILES string of the molecule is CC(C)Oc1ccc2c(ccn2CCN2CCCCC2)c1. The zero-order valence-electron chi connectivity index (χ0n) is 13.2. The second-order valence-electron chi connectivity index (χ2n) is 6.30. The maximum atomic E-state index is 5.77. The number of hydrogen-bond donors (Lipinski definition) is 0. The normalized spacial score (nSPS) is 16.7. The molecule has 2 aromatic rings. The molecule has 0 spiro atoms. The zero-order chi connectivity index (χ0) is 14.7. The monoisotopic (exact) mass is 286 g/mol. The highest BCUT2D eigenvalue weighted by Crippen LogP contribution is 2.23. The smallest absolute Gasteiger partial charge is 0.120 e. The molecule has 1 fully saturated rings. The molecule has 1 aliphatic rings. The Balaban J connectivity index is 1.68. The summed E-state index contributed by atoms with van der Waals surface area (Å²) in [5.41, 5.74) is 1.31. The first kappa shape index (κ1) is 14.5. The van der Waals surface area contributed by atoms with Crippen LogP contribution in [0.25, 0.3) is 10.9 Å². The molecule has 0 saturated carbocycles. The van der Waals surface area contributed by atoms with E-state index in [2.05, 4.69) is 53.8 Å². The van der Waals surface area contributed by atoms with Crippen LogP contribution in [0.15, 0.2) is 30.5 Å². The molecular formula is C18H26N2O. The van der Waals surface area contributed by atoms with Crippen molar-refractivity contribution in [3.63, 3.8) is 0 Å². The second-order valence-corrected chi connectivity index (χ2v) is 6.30. The molecule has 0 bridgehead atoms. The molecule has 3 heteroatoms. The number of nitrogens with zero attached hydrogens (tertiary/aromatic N) is 2. The van der Waals surface area contributed by atoms with Crippen LogP contribution in [0.4, 0.5) is 0 Å². The molecule has 114 valence electrons. The third-order valence-electron chi connectivity index (χ3n) is 4.22. The number of piperidine rings is 1. The maximum Gasteiger partial charge on any atom is 0.120 e. The van der Waals surface area contributed by atoms with Gasteiger partial charge in [0, 0.05) is 30.2 Å². The molecule has 0 aliphatic carbocycles. The second kappa shape index (κ2) is 6.52. The highest BCUT2D eigenvalue weighted by Gasteiger charge is 2.10. The molecule has 21 heavy (non-hydrogen) atoms. The summed E-state index contributed by atoms with van der Waals surface area (Å²) >= 11 is 0. The van der Waals surface area contributed by atoms with Gasteiger partial charge >= 0.3 is 0 Å². The van der Waals surface area contributed by atoms with Crippen LogP contribution in [0.2, 0.25) is 0 Å². The van der Waals surface area contributed by atoms with Gasteiger partial charge in [0.1, 0.15) is 5.75 Å². The molecule has 0 atom stereocenters. The topological polar surface area (TPSA) is 17.4 Å². The lowest BCUT2D eigenvalue weighted by molar-refractivity contribution is 0.221. The minimum Gasteiger partial charge on any atom is -0.491 e. The Bertz CT molecular complexity index is 582. The Morgan fingerprint density at radius 1 is 1.05 bits per heavy atom. The van der Waals surface area contributed by atoms with Gasteiger partial charge in [-0.25, -0.2) is 0 Å². The first-order valence-corrected chi connectivity index (χ1v) is 8.20. The fourth-order valence-corrected chi connectivity index (χ4v) is 3.15. The van der Waals surface area contributed by atoms with E-state index in [0.29, 0.717) is 0 Å². The summed E-state index contributed by atoms with van der Waals surface area (Å²) in [4.78, 5) is 2.59. The molecule has 1 aromatic heterocycles. The van der Waals surface area contributed by atoms with Gasteiger partial charge in [0.05, 0.1) is 6.10 Å². The highest BCUT2D eigenvalue weighted by atomic mass is 16.5. The van der Waals surface area contributed by atoms with E-state index < -0.39 is 0 Å². The lowest BCUT2D eigenvalue weighted by Gasteiger charge is -2.26. The fourth-order valence-electron chi connectivity index (χ4n) is 3.15. The van der Waals surface area contributed by atoms with Crippen LogP contribution >= 0.6 is 0 Å². The van der Waals surface area contributed by atoms with Crippen molar-refractivity contribution in [2.75, 3.05) is 19.6 Å². The average Bonchev–Trinajstić information content (AvgIpc) is 2.88. The standard InChI is InChI=1S/C18H26N2O/c1-15(2)21-17-6-7-18-16(14-17)8-11-20(18)13-12-19-9-4-3-5-10-19/h6-8,11,14-15H,3-5,9-10,12-13H2,1-2H3. The third kappa shape index (κ3) is 3.59. The maximum absolute atomic E-state index is 5.77. The van der Waals surface area contributed by atoms with E-state index in [1.807, 2.05) is 0 Å². The van der Waals surface area contributed by atoms with Crippen LogP contribution < -0.4 is 4.74 Å². The lowest BCUT2D eigenvalue weighted by Crippen LogP contribution is -2.32. The van der Waals surface area contributed by atoms with Crippen molar-refractivity contribution >= 4 is 10.9 Å². The first-order valence-electron chi connectivity index (χ1n) is 8.20. The van der Waals surface area contributed by atoms with Crippen LogP contribution in [0, 0.1) is 0 Å². The van der Waals surface area contributed by atoms with Crippen molar-refractivity contribution in [2.24, 2.45) is 0 Å². The predicted molar refractivity (Wildman–Crippen MR) is 88.0 cm³/mol. The van der Waals surface area contributed by atoms with E-state index >= 15 is 0 Å². The quantitative estimate of drug-likeness (QED) is 0.829. The van der Waals surface area contributed by atoms with Gasteiger partial charge in [-0.05, 0) is 64.0 Å². The molecule has 3 rings (SSSR count). The van der Waals surface area contributed by atoms with Crippen molar-refractivity contribution in [3.8, 4) is 5.75 Å². The van der Waals surface area contributed by atoms with E-state index in [-0.39, 0.29) is 6.10 Å². The van der Waals surface area contributed by atoms with E-state index in [1.54, 1.807) is 0 Å². The van der Waals surface area contributed by atoms with Crippen molar-refractivity contribution in [1.29, 1.82) is 0 Å². The van der Waals surface area contributed by atoms with Crippen molar-refractivity contribution in [1.82, 2.24) is 9.47 Å². The molecule has 0 amide bonds. The molecule has 1 aromatic carbocycles. The number of ether oxygens (including phenoxy) is 1.